The third kappa shape index (κ3) is 6.10. The molecule has 284 valence electrons. The van der Waals surface area contributed by atoms with E-state index in [1.807, 2.05) is 0 Å². The van der Waals surface area contributed by atoms with Crippen molar-refractivity contribution in [2.24, 2.45) is 0 Å². The highest BCUT2D eigenvalue weighted by atomic mass is 15.1. The molecule has 0 saturated heterocycles. The van der Waals surface area contributed by atoms with E-state index >= 15 is 0 Å². The van der Waals surface area contributed by atoms with Gasteiger partial charge >= 0.3 is 0 Å². The third-order valence-corrected chi connectivity index (χ3v) is 12.7. The lowest BCUT2D eigenvalue weighted by Gasteiger charge is -2.28. The summed E-state index contributed by atoms with van der Waals surface area (Å²) in [5, 5.41) is 5.09. The fraction of sp³-hybridized carbons (Fsp3) is 0.0508. The van der Waals surface area contributed by atoms with Crippen LogP contribution >= 0.6 is 0 Å². The second-order valence-electron chi connectivity index (χ2n) is 16.5. The Balaban J connectivity index is 0.961. The molecule has 1 nitrogen and oxygen atoms in total. The van der Waals surface area contributed by atoms with E-state index in [1.54, 1.807) is 0 Å². The van der Waals surface area contributed by atoms with Gasteiger partial charge in [0.15, 0.2) is 0 Å². The summed E-state index contributed by atoms with van der Waals surface area (Å²) in [5.41, 5.74) is 18.4. The van der Waals surface area contributed by atoms with E-state index in [4.69, 9.17) is 0 Å². The molecule has 0 aliphatic heterocycles. The summed E-state index contributed by atoms with van der Waals surface area (Å²) >= 11 is 0. The van der Waals surface area contributed by atoms with Gasteiger partial charge in [-0.1, -0.05) is 196 Å². The standard InChI is InChI=1S/C59H43N/c1-59(2)57-38-47(54-21-11-17-45-15-7-9-19-52(45)54)30-36-55(57)56-37-35-50(39-58(56)59)60(48-31-26-42(27-32-48)40-12-4-3-5-13-40)49-33-28-43(29-34-49)41-22-24-46(25-23-41)53-20-10-16-44-14-6-8-18-51(44)53/h3-39H,1-2H3. The second kappa shape index (κ2) is 14.4. The molecule has 1 aliphatic rings. The molecule has 1 aliphatic carbocycles. The molecule has 0 bridgehead atoms. The molecule has 0 N–H and O–H groups in total. The highest BCUT2D eigenvalue weighted by Crippen LogP contribution is 2.52. The van der Waals surface area contributed by atoms with Crippen molar-refractivity contribution in [2.75, 3.05) is 4.90 Å². The van der Waals surface area contributed by atoms with Gasteiger partial charge in [0.25, 0.3) is 0 Å². The van der Waals surface area contributed by atoms with Crippen LogP contribution in [0.2, 0.25) is 0 Å². The molecule has 10 aromatic rings. The summed E-state index contributed by atoms with van der Waals surface area (Å²) in [5.74, 6) is 0. The molecular formula is C59H43N. The predicted octanol–water partition coefficient (Wildman–Crippen LogP) is 16.4. The van der Waals surface area contributed by atoms with Crippen LogP contribution in [0.25, 0.3) is 77.2 Å². The Morgan fingerprint density at radius 3 is 1.27 bits per heavy atom. The average Bonchev–Trinajstić information content (AvgIpc) is 3.54. The topological polar surface area (TPSA) is 3.24 Å². The van der Waals surface area contributed by atoms with Gasteiger partial charge in [-0.2, -0.15) is 0 Å². The number of fused-ring (bicyclic) bond motifs is 5. The lowest BCUT2D eigenvalue weighted by Crippen LogP contribution is -2.16. The van der Waals surface area contributed by atoms with Crippen molar-refractivity contribution in [3.63, 3.8) is 0 Å². The SMILES string of the molecule is CC1(C)c2cc(-c3cccc4ccccc34)ccc2-c2ccc(N(c3ccc(-c4ccccc4)cc3)c3ccc(-c4ccc(-c5cccc6ccccc56)cc4)cc3)cc21. The van der Waals surface area contributed by atoms with E-state index in [2.05, 4.69) is 243 Å². The van der Waals surface area contributed by atoms with Crippen LogP contribution < -0.4 is 4.90 Å². The minimum atomic E-state index is -0.188. The monoisotopic (exact) mass is 765 g/mol. The Kier molecular flexibility index (Phi) is 8.57. The lowest BCUT2D eigenvalue weighted by atomic mass is 9.81. The van der Waals surface area contributed by atoms with Gasteiger partial charge < -0.3 is 4.90 Å². The normalized spacial score (nSPS) is 12.6. The first-order chi connectivity index (χ1) is 29.5. The van der Waals surface area contributed by atoms with Crippen LogP contribution in [0.5, 0.6) is 0 Å². The van der Waals surface area contributed by atoms with E-state index in [0.29, 0.717) is 0 Å². The lowest BCUT2D eigenvalue weighted by molar-refractivity contribution is 0.660. The van der Waals surface area contributed by atoms with Crippen molar-refractivity contribution in [3.05, 3.63) is 236 Å². The summed E-state index contributed by atoms with van der Waals surface area (Å²) < 4.78 is 0. The molecule has 0 saturated carbocycles. The van der Waals surface area contributed by atoms with E-state index in [-0.39, 0.29) is 5.41 Å². The number of anilines is 3. The molecule has 0 atom stereocenters. The zero-order valence-corrected chi connectivity index (χ0v) is 33.8. The minimum absolute atomic E-state index is 0.188. The summed E-state index contributed by atoms with van der Waals surface area (Å²) in [7, 11) is 0. The van der Waals surface area contributed by atoms with Crippen LogP contribution in [-0.4, -0.2) is 0 Å². The Hall–Kier alpha value is -7.48. The number of hydrogen-bond acceptors (Lipinski definition) is 1. The molecule has 0 radical (unpaired) electrons. The fourth-order valence-corrected chi connectivity index (χ4v) is 9.51. The Bertz CT molecular complexity index is 3180. The quantitative estimate of drug-likeness (QED) is 0.156. The van der Waals surface area contributed by atoms with Gasteiger partial charge in [-0.25, -0.2) is 0 Å². The summed E-state index contributed by atoms with van der Waals surface area (Å²) in [6.45, 7) is 4.77. The van der Waals surface area contributed by atoms with Crippen molar-refractivity contribution in [1.82, 2.24) is 0 Å². The number of hydrogen-bond donors (Lipinski definition) is 0. The van der Waals surface area contributed by atoms with Crippen molar-refractivity contribution in [2.45, 2.75) is 19.3 Å². The maximum atomic E-state index is 2.43. The van der Waals surface area contributed by atoms with Crippen LogP contribution in [0.1, 0.15) is 25.0 Å². The first kappa shape index (κ1) is 35.7. The van der Waals surface area contributed by atoms with Gasteiger partial charge in [0.2, 0.25) is 0 Å². The molecule has 60 heavy (non-hydrogen) atoms. The third-order valence-electron chi connectivity index (χ3n) is 12.7. The number of benzene rings is 10. The molecule has 0 aromatic heterocycles. The van der Waals surface area contributed by atoms with Crippen molar-refractivity contribution in [3.8, 4) is 55.6 Å². The van der Waals surface area contributed by atoms with Gasteiger partial charge in [0.1, 0.15) is 0 Å². The Morgan fingerprint density at radius 2 is 0.683 bits per heavy atom. The number of rotatable bonds is 7. The zero-order valence-electron chi connectivity index (χ0n) is 33.8. The maximum absolute atomic E-state index is 2.43. The van der Waals surface area contributed by atoms with Crippen molar-refractivity contribution < 1.29 is 0 Å². The van der Waals surface area contributed by atoms with Gasteiger partial charge in [-0.05, 0) is 131 Å². The van der Waals surface area contributed by atoms with Gasteiger partial charge in [0, 0.05) is 22.5 Å². The highest BCUT2D eigenvalue weighted by molar-refractivity contribution is 5.99. The average molecular weight is 766 g/mol. The van der Waals surface area contributed by atoms with E-state index < -0.39 is 0 Å². The largest absolute Gasteiger partial charge is 0.310 e. The first-order valence-electron chi connectivity index (χ1n) is 20.9. The minimum Gasteiger partial charge on any atom is -0.310 e. The molecule has 0 amide bonds. The summed E-state index contributed by atoms with van der Waals surface area (Å²) in [6.07, 6.45) is 0. The molecule has 1 heteroatoms. The van der Waals surface area contributed by atoms with Crippen LogP contribution in [0.15, 0.2) is 224 Å². The Labute approximate surface area is 352 Å². The summed E-state index contributed by atoms with van der Waals surface area (Å²) in [6, 6.07) is 82.3. The van der Waals surface area contributed by atoms with Crippen molar-refractivity contribution in [1.29, 1.82) is 0 Å². The van der Waals surface area contributed by atoms with Crippen LogP contribution in [0.4, 0.5) is 17.1 Å². The molecule has 10 aromatic carbocycles. The second-order valence-corrected chi connectivity index (χ2v) is 16.5. The predicted molar refractivity (Wildman–Crippen MR) is 255 cm³/mol. The summed E-state index contributed by atoms with van der Waals surface area (Å²) in [4.78, 5) is 2.41. The highest BCUT2D eigenvalue weighted by Gasteiger charge is 2.36. The molecule has 0 unspecified atom stereocenters. The van der Waals surface area contributed by atoms with Crippen LogP contribution in [-0.2, 0) is 5.41 Å². The van der Waals surface area contributed by atoms with Gasteiger partial charge in [-0.15, -0.1) is 0 Å². The van der Waals surface area contributed by atoms with Crippen LogP contribution in [0, 0.1) is 0 Å². The van der Waals surface area contributed by atoms with Gasteiger partial charge in [0.05, 0.1) is 0 Å². The molecular weight excluding hydrogens is 723 g/mol. The van der Waals surface area contributed by atoms with E-state index in [9.17, 15) is 0 Å². The smallest absolute Gasteiger partial charge is 0.0465 e. The zero-order chi connectivity index (χ0) is 40.2. The first-order valence-corrected chi connectivity index (χ1v) is 20.9. The van der Waals surface area contributed by atoms with E-state index in [1.165, 1.54) is 88.3 Å². The maximum Gasteiger partial charge on any atom is 0.0465 e. The molecule has 0 fully saturated rings. The van der Waals surface area contributed by atoms with Crippen molar-refractivity contribution >= 4 is 38.6 Å². The molecule has 11 rings (SSSR count). The van der Waals surface area contributed by atoms with Gasteiger partial charge in [-0.3, -0.25) is 0 Å². The van der Waals surface area contributed by atoms with E-state index in [0.717, 1.165) is 17.1 Å². The molecule has 0 spiro atoms. The number of nitrogens with zero attached hydrogens (tertiary/aromatic N) is 1. The Morgan fingerprint density at radius 1 is 0.283 bits per heavy atom. The molecule has 0 heterocycles. The van der Waals surface area contributed by atoms with Crippen LogP contribution in [0.3, 0.4) is 0 Å². The fourth-order valence-electron chi connectivity index (χ4n) is 9.51.